The normalized spacial score (nSPS) is 12.8. The predicted molar refractivity (Wildman–Crippen MR) is 82.6 cm³/mol. The zero-order chi connectivity index (χ0) is 14.8. The van der Waals surface area contributed by atoms with Gasteiger partial charge in [0.25, 0.3) is 0 Å². The van der Waals surface area contributed by atoms with Gasteiger partial charge in [-0.05, 0) is 6.42 Å². The van der Waals surface area contributed by atoms with Crippen molar-refractivity contribution in [3.8, 4) is 0 Å². The lowest BCUT2D eigenvalue weighted by Crippen LogP contribution is -2.30. The van der Waals surface area contributed by atoms with Crippen LogP contribution in [0.25, 0.3) is 0 Å². The van der Waals surface area contributed by atoms with Crippen molar-refractivity contribution in [2.24, 2.45) is 5.84 Å². The maximum absolute atomic E-state index is 6.24. The summed E-state index contributed by atoms with van der Waals surface area (Å²) >= 11 is 6.24. The molecule has 0 aliphatic carbocycles. The van der Waals surface area contributed by atoms with Crippen LogP contribution in [0, 0.1) is 0 Å². The number of rotatable bonds is 11. The monoisotopic (exact) mass is 302 g/mol. The van der Waals surface area contributed by atoms with Crippen LogP contribution >= 0.6 is 11.6 Å². The van der Waals surface area contributed by atoms with Crippen molar-refractivity contribution in [1.29, 1.82) is 0 Å². The molecule has 1 heterocycles. The first-order valence-electron chi connectivity index (χ1n) is 7.40. The summed E-state index contributed by atoms with van der Waals surface area (Å²) in [6.07, 6.45) is 8.86. The Balaban J connectivity index is 2.57. The standard InChI is InChI=1S/C14H27ClN4O/c1-3-4-5-6-7-8-13(18-16)14-12(15)11-17-19(14)9-10-20-2/h11,13,18H,3-10,16H2,1-2H3. The highest BCUT2D eigenvalue weighted by molar-refractivity contribution is 6.31. The molecule has 5 nitrogen and oxygen atoms in total. The molecule has 0 fully saturated rings. The molecule has 0 saturated heterocycles. The van der Waals surface area contributed by atoms with Crippen LogP contribution in [0.2, 0.25) is 5.02 Å². The number of nitrogens with one attached hydrogen (secondary N) is 1. The Morgan fingerprint density at radius 1 is 1.40 bits per heavy atom. The molecule has 1 aromatic rings. The van der Waals surface area contributed by atoms with E-state index in [1.54, 1.807) is 13.3 Å². The summed E-state index contributed by atoms with van der Waals surface area (Å²) in [5, 5.41) is 4.95. The number of nitrogens with zero attached hydrogens (tertiary/aromatic N) is 2. The second-order valence-corrected chi connectivity index (χ2v) is 5.42. The average Bonchev–Trinajstić information content (AvgIpc) is 2.82. The second-order valence-electron chi connectivity index (χ2n) is 5.02. The van der Waals surface area contributed by atoms with E-state index >= 15 is 0 Å². The van der Waals surface area contributed by atoms with Crippen LogP contribution in [0.3, 0.4) is 0 Å². The molecule has 1 unspecified atom stereocenters. The summed E-state index contributed by atoms with van der Waals surface area (Å²) in [6, 6.07) is 0.0449. The van der Waals surface area contributed by atoms with Crippen LogP contribution in [0.15, 0.2) is 6.20 Å². The van der Waals surface area contributed by atoms with Crippen LogP contribution in [0.1, 0.15) is 57.2 Å². The third-order valence-electron chi connectivity index (χ3n) is 3.47. The molecule has 20 heavy (non-hydrogen) atoms. The van der Waals surface area contributed by atoms with Crippen LogP contribution in [-0.2, 0) is 11.3 Å². The van der Waals surface area contributed by atoms with Gasteiger partial charge in [0, 0.05) is 7.11 Å². The summed E-state index contributed by atoms with van der Waals surface area (Å²) < 4.78 is 6.97. The molecular formula is C14H27ClN4O. The van der Waals surface area contributed by atoms with E-state index < -0.39 is 0 Å². The molecule has 0 bridgehead atoms. The summed E-state index contributed by atoms with van der Waals surface area (Å²) in [5.41, 5.74) is 3.83. The van der Waals surface area contributed by atoms with Crippen molar-refractivity contribution in [3.63, 3.8) is 0 Å². The molecule has 6 heteroatoms. The number of hydrazine groups is 1. The number of unbranched alkanes of at least 4 members (excludes halogenated alkanes) is 4. The topological polar surface area (TPSA) is 65.1 Å². The zero-order valence-electron chi connectivity index (χ0n) is 12.6. The van der Waals surface area contributed by atoms with E-state index in [2.05, 4.69) is 17.4 Å². The van der Waals surface area contributed by atoms with Gasteiger partial charge in [0.1, 0.15) is 0 Å². The van der Waals surface area contributed by atoms with Gasteiger partial charge in [-0.3, -0.25) is 16.0 Å². The van der Waals surface area contributed by atoms with Gasteiger partial charge < -0.3 is 4.74 Å². The Bertz CT molecular complexity index is 370. The van der Waals surface area contributed by atoms with Crippen molar-refractivity contribution in [1.82, 2.24) is 15.2 Å². The first-order chi connectivity index (χ1) is 9.74. The summed E-state index contributed by atoms with van der Waals surface area (Å²) in [5.74, 6) is 5.69. The van der Waals surface area contributed by atoms with E-state index in [0.29, 0.717) is 18.2 Å². The molecule has 0 aliphatic heterocycles. The van der Waals surface area contributed by atoms with E-state index in [4.69, 9.17) is 22.2 Å². The van der Waals surface area contributed by atoms with E-state index in [1.807, 2.05) is 4.68 Å². The quantitative estimate of drug-likeness (QED) is 0.374. The number of hydrogen-bond acceptors (Lipinski definition) is 4. The first-order valence-corrected chi connectivity index (χ1v) is 7.78. The molecule has 0 aromatic carbocycles. The maximum Gasteiger partial charge on any atom is 0.0834 e. The van der Waals surface area contributed by atoms with Gasteiger partial charge in [-0.2, -0.15) is 5.10 Å². The lowest BCUT2D eigenvalue weighted by Gasteiger charge is -2.18. The molecule has 1 atom stereocenters. The van der Waals surface area contributed by atoms with Gasteiger partial charge >= 0.3 is 0 Å². The smallest absolute Gasteiger partial charge is 0.0834 e. The van der Waals surface area contributed by atoms with Gasteiger partial charge in [-0.15, -0.1) is 0 Å². The largest absolute Gasteiger partial charge is 0.383 e. The minimum absolute atomic E-state index is 0.0449. The molecule has 0 aliphatic rings. The van der Waals surface area contributed by atoms with Crippen molar-refractivity contribution >= 4 is 11.6 Å². The highest BCUT2D eigenvalue weighted by Gasteiger charge is 2.18. The van der Waals surface area contributed by atoms with Crippen LogP contribution < -0.4 is 11.3 Å². The minimum Gasteiger partial charge on any atom is -0.383 e. The number of methoxy groups -OCH3 is 1. The van der Waals surface area contributed by atoms with Crippen molar-refractivity contribution in [2.75, 3.05) is 13.7 Å². The zero-order valence-corrected chi connectivity index (χ0v) is 13.3. The Kier molecular flexibility index (Phi) is 8.85. The highest BCUT2D eigenvalue weighted by Crippen LogP contribution is 2.26. The lowest BCUT2D eigenvalue weighted by atomic mass is 10.0. The summed E-state index contributed by atoms with van der Waals surface area (Å²) in [4.78, 5) is 0. The number of ether oxygens (including phenoxy) is 1. The molecule has 116 valence electrons. The Labute approximate surface area is 126 Å². The van der Waals surface area contributed by atoms with Crippen molar-refractivity contribution in [3.05, 3.63) is 16.9 Å². The van der Waals surface area contributed by atoms with Gasteiger partial charge in [0.2, 0.25) is 0 Å². The Morgan fingerprint density at radius 2 is 2.15 bits per heavy atom. The molecule has 0 saturated carbocycles. The van der Waals surface area contributed by atoms with Crippen LogP contribution in [-0.4, -0.2) is 23.5 Å². The molecular weight excluding hydrogens is 276 g/mol. The third-order valence-corrected chi connectivity index (χ3v) is 3.76. The molecule has 1 rings (SSSR count). The fraction of sp³-hybridized carbons (Fsp3) is 0.786. The average molecular weight is 303 g/mol. The molecule has 0 amide bonds. The fourth-order valence-corrected chi connectivity index (χ4v) is 2.60. The lowest BCUT2D eigenvalue weighted by molar-refractivity contribution is 0.181. The van der Waals surface area contributed by atoms with E-state index in [9.17, 15) is 0 Å². The number of aromatic nitrogens is 2. The van der Waals surface area contributed by atoms with Gasteiger partial charge in [-0.25, -0.2) is 0 Å². The molecule has 0 spiro atoms. The van der Waals surface area contributed by atoms with Gasteiger partial charge in [0.05, 0.1) is 36.1 Å². The Hall–Kier alpha value is -0.620. The summed E-state index contributed by atoms with van der Waals surface area (Å²) in [7, 11) is 1.68. The summed E-state index contributed by atoms with van der Waals surface area (Å²) in [6.45, 7) is 3.52. The third kappa shape index (κ3) is 5.40. The van der Waals surface area contributed by atoms with Crippen molar-refractivity contribution in [2.45, 2.75) is 58.0 Å². The minimum atomic E-state index is 0.0449. The van der Waals surface area contributed by atoms with Gasteiger partial charge in [0.15, 0.2) is 0 Å². The number of halogens is 1. The SMILES string of the molecule is CCCCCCCC(NN)c1c(Cl)cnn1CCOC. The van der Waals surface area contributed by atoms with E-state index in [1.165, 1.54) is 25.7 Å². The predicted octanol–water partition coefficient (Wildman–Crippen LogP) is 3.05. The van der Waals surface area contributed by atoms with Gasteiger partial charge in [-0.1, -0.05) is 50.6 Å². The highest BCUT2D eigenvalue weighted by atomic mass is 35.5. The molecule has 3 N–H and O–H groups in total. The van der Waals surface area contributed by atoms with Crippen LogP contribution in [0.4, 0.5) is 0 Å². The van der Waals surface area contributed by atoms with Crippen LogP contribution in [0.5, 0.6) is 0 Å². The van der Waals surface area contributed by atoms with Crippen molar-refractivity contribution < 1.29 is 4.74 Å². The first kappa shape index (κ1) is 17.4. The maximum atomic E-state index is 6.24. The number of nitrogens with two attached hydrogens (primary N) is 1. The molecule has 0 radical (unpaired) electrons. The van der Waals surface area contributed by atoms with E-state index in [-0.39, 0.29) is 6.04 Å². The second kappa shape index (κ2) is 10.2. The van der Waals surface area contributed by atoms with E-state index in [0.717, 1.165) is 18.5 Å². The Morgan fingerprint density at radius 3 is 2.80 bits per heavy atom. The number of hydrogen-bond donors (Lipinski definition) is 2. The fourth-order valence-electron chi connectivity index (χ4n) is 2.33. The molecule has 1 aromatic heterocycles.